The molecule has 0 bridgehead atoms. The fourth-order valence-corrected chi connectivity index (χ4v) is 4.17. The SMILES string of the molecule is Oc1cccc2ccc(-c3cccc(-c4nc5ccccc5n4-c4ccccc4)c3)nc12. The average Bonchev–Trinajstić information content (AvgIpc) is 3.24. The van der Waals surface area contributed by atoms with Gasteiger partial charge in [0.25, 0.3) is 0 Å². The molecule has 0 atom stereocenters. The van der Waals surface area contributed by atoms with E-state index in [0.717, 1.165) is 44.8 Å². The van der Waals surface area contributed by atoms with Gasteiger partial charge in [-0.3, -0.25) is 4.57 Å². The van der Waals surface area contributed by atoms with Crippen molar-refractivity contribution in [3.63, 3.8) is 0 Å². The van der Waals surface area contributed by atoms with Gasteiger partial charge in [0.05, 0.1) is 16.7 Å². The Balaban J connectivity index is 1.54. The molecule has 0 radical (unpaired) electrons. The molecule has 0 saturated carbocycles. The maximum absolute atomic E-state index is 10.2. The van der Waals surface area contributed by atoms with Crippen LogP contribution in [0.4, 0.5) is 0 Å². The lowest BCUT2D eigenvalue weighted by Crippen LogP contribution is -1.97. The number of benzene rings is 4. The largest absolute Gasteiger partial charge is 0.506 e. The van der Waals surface area contributed by atoms with Gasteiger partial charge < -0.3 is 5.11 Å². The van der Waals surface area contributed by atoms with Crippen molar-refractivity contribution in [2.24, 2.45) is 0 Å². The molecule has 2 heterocycles. The first-order chi connectivity index (χ1) is 15.8. The summed E-state index contributed by atoms with van der Waals surface area (Å²) < 4.78 is 2.19. The monoisotopic (exact) mass is 413 g/mol. The Kier molecular flexibility index (Phi) is 4.22. The van der Waals surface area contributed by atoms with E-state index in [1.165, 1.54) is 0 Å². The standard InChI is InChI=1S/C28H19N3O/c32-26-15-7-8-19-16-17-23(29-27(19)26)20-9-6-10-21(18-20)28-30-24-13-4-5-14-25(24)31(28)22-11-2-1-3-12-22/h1-18,32H. The molecule has 0 aliphatic heterocycles. The van der Waals surface area contributed by atoms with E-state index in [4.69, 9.17) is 9.97 Å². The summed E-state index contributed by atoms with van der Waals surface area (Å²) in [5.41, 5.74) is 6.46. The number of aromatic nitrogens is 3. The molecule has 0 spiro atoms. The first kappa shape index (κ1) is 18.3. The third kappa shape index (κ3) is 3.01. The van der Waals surface area contributed by atoms with E-state index in [0.29, 0.717) is 5.52 Å². The Morgan fingerprint density at radius 1 is 0.625 bits per heavy atom. The van der Waals surface area contributed by atoms with Gasteiger partial charge in [0.2, 0.25) is 0 Å². The lowest BCUT2D eigenvalue weighted by molar-refractivity contribution is 0.480. The van der Waals surface area contributed by atoms with Crippen LogP contribution in [0.1, 0.15) is 0 Å². The van der Waals surface area contributed by atoms with Crippen molar-refractivity contribution in [2.75, 3.05) is 0 Å². The summed E-state index contributed by atoms with van der Waals surface area (Å²) in [6, 6.07) is 36.1. The summed E-state index contributed by atoms with van der Waals surface area (Å²) in [6.45, 7) is 0. The zero-order valence-electron chi connectivity index (χ0n) is 17.2. The molecular formula is C28H19N3O. The number of rotatable bonds is 3. The third-order valence-electron chi connectivity index (χ3n) is 5.69. The Morgan fingerprint density at radius 2 is 1.41 bits per heavy atom. The number of pyridine rings is 1. The highest BCUT2D eigenvalue weighted by Gasteiger charge is 2.15. The van der Waals surface area contributed by atoms with Gasteiger partial charge >= 0.3 is 0 Å². The Bertz CT molecular complexity index is 1590. The molecule has 6 rings (SSSR count). The number of phenols is 1. The van der Waals surface area contributed by atoms with Crippen LogP contribution in [0.3, 0.4) is 0 Å². The highest BCUT2D eigenvalue weighted by atomic mass is 16.3. The number of aromatic hydroxyl groups is 1. The minimum absolute atomic E-state index is 0.186. The topological polar surface area (TPSA) is 50.9 Å². The molecule has 0 aliphatic rings. The summed E-state index contributed by atoms with van der Waals surface area (Å²) in [6.07, 6.45) is 0. The second kappa shape index (κ2) is 7.36. The van der Waals surface area contributed by atoms with Crippen LogP contribution >= 0.6 is 0 Å². The fourth-order valence-electron chi connectivity index (χ4n) is 4.17. The van der Waals surface area contributed by atoms with Crippen molar-refractivity contribution < 1.29 is 5.11 Å². The van der Waals surface area contributed by atoms with E-state index in [-0.39, 0.29) is 5.75 Å². The quantitative estimate of drug-likeness (QED) is 0.355. The second-order valence-corrected chi connectivity index (χ2v) is 7.72. The zero-order chi connectivity index (χ0) is 21.5. The number of phenolic OH excluding ortho intramolecular Hbond substituents is 1. The van der Waals surface area contributed by atoms with Crippen LogP contribution in [0.25, 0.3) is 50.3 Å². The van der Waals surface area contributed by atoms with Gasteiger partial charge in [0.1, 0.15) is 17.1 Å². The Hall–Kier alpha value is -4.44. The van der Waals surface area contributed by atoms with E-state index < -0.39 is 0 Å². The molecule has 0 fully saturated rings. The first-order valence-electron chi connectivity index (χ1n) is 10.5. The summed E-state index contributed by atoms with van der Waals surface area (Å²) in [4.78, 5) is 9.69. The minimum atomic E-state index is 0.186. The molecule has 0 amide bonds. The van der Waals surface area contributed by atoms with Crippen LogP contribution in [0.5, 0.6) is 5.75 Å². The molecule has 0 saturated heterocycles. The lowest BCUT2D eigenvalue weighted by Gasteiger charge is -2.11. The van der Waals surface area contributed by atoms with Crippen LogP contribution in [0.15, 0.2) is 109 Å². The van der Waals surface area contributed by atoms with Crippen LogP contribution in [-0.2, 0) is 0 Å². The third-order valence-corrected chi connectivity index (χ3v) is 5.69. The average molecular weight is 413 g/mol. The van der Waals surface area contributed by atoms with Gasteiger partial charge in [-0.1, -0.05) is 66.7 Å². The Labute approximate surface area is 185 Å². The van der Waals surface area contributed by atoms with Crippen LogP contribution < -0.4 is 0 Å². The molecule has 4 aromatic carbocycles. The van der Waals surface area contributed by atoms with Crippen molar-refractivity contribution in [3.8, 4) is 34.1 Å². The number of para-hydroxylation sites is 4. The van der Waals surface area contributed by atoms with E-state index in [1.54, 1.807) is 6.07 Å². The maximum Gasteiger partial charge on any atom is 0.145 e. The van der Waals surface area contributed by atoms with Crippen molar-refractivity contribution >= 4 is 21.9 Å². The molecule has 2 aromatic heterocycles. The highest BCUT2D eigenvalue weighted by Crippen LogP contribution is 2.32. The Morgan fingerprint density at radius 3 is 2.31 bits per heavy atom. The van der Waals surface area contributed by atoms with Gasteiger partial charge in [-0.05, 0) is 42.5 Å². The molecule has 4 heteroatoms. The van der Waals surface area contributed by atoms with Crippen molar-refractivity contribution in [3.05, 3.63) is 109 Å². The lowest BCUT2D eigenvalue weighted by atomic mass is 10.1. The van der Waals surface area contributed by atoms with Gasteiger partial charge in [0.15, 0.2) is 0 Å². The highest BCUT2D eigenvalue weighted by molar-refractivity contribution is 5.87. The van der Waals surface area contributed by atoms with Crippen molar-refractivity contribution in [1.29, 1.82) is 0 Å². The zero-order valence-corrected chi connectivity index (χ0v) is 17.2. The number of imidazole rings is 1. The maximum atomic E-state index is 10.2. The first-order valence-corrected chi connectivity index (χ1v) is 10.5. The number of hydrogen-bond acceptors (Lipinski definition) is 3. The predicted molar refractivity (Wildman–Crippen MR) is 129 cm³/mol. The van der Waals surface area contributed by atoms with Gasteiger partial charge in [-0.2, -0.15) is 0 Å². The molecule has 32 heavy (non-hydrogen) atoms. The molecule has 1 N–H and O–H groups in total. The summed E-state index contributed by atoms with van der Waals surface area (Å²) in [7, 11) is 0. The molecule has 6 aromatic rings. The van der Waals surface area contributed by atoms with Gasteiger partial charge in [-0.15, -0.1) is 0 Å². The normalized spacial score (nSPS) is 11.2. The number of fused-ring (bicyclic) bond motifs is 2. The van der Waals surface area contributed by atoms with Gasteiger partial charge in [-0.25, -0.2) is 9.97 Å². The molecule has 152 valence electrons. The van der Waals surface area contributed by atoms with E-state index in [1.807, 2.05) is 72.8 Å². The summed E-state index contributed by atoms with van der Waals surface area (Å²) in [5.74, 6) is 1.06. The fraction of sp³-hybridized carbons (Fsp3) is 0. The van der Waals surface area contributed by atoms with E-state index in [2.05, 4.69) is 34.9 Å². The van der Waals surface area contributed by atoms with E-state index >= 15 is 0 Å². The predicted octanol–water partition coefficient (Wildman–Crippen LogP) is 6.61. The molecule has 0 unspecified atom stereocenters. The van der Waals surface area contributed by atoms with Crippen LogP contribution in [-0.4, -0.2) is 19.6 Å². The minimum Gasteiger partial charge on any atom is -0.506 e. The van der Waals surface area contributed by atoms with Crippen LogP contribution in [0.2, 0.25) is 0 Å². The molecule has 0 aliphatic carbocycles. The van der Waals surface area contributed by atoms with Crippen molar-refractivity contribution in [1.82, 2.24) is 14.5 Å². The number of nitrogens with zero attached hydrogens (tertiary/aromatic N) is 3. The van der Waals surface area contributed by atoms with Crippen LogP contribution in [0, 0.1) is 0 Å². The smallest absolute Gasteiger partial charge is 0.145 e. The summed E-state index contributed by atoms with van der Waals surface area (Å²) >= 11 is 0. The van der Waals surface area contributed by atoms with Crippen molar-refractivity contribution in [2.45, 2.75) is 0 Å². The van der Waals surface area contributed by atoms with E-state index in [9.17, 15) is 5.11 Å². The summed E-state index contributed by atoms with van der Waals surface area (Å²) in [5, 5.41) is 11.2. The molecule has 4 nitrogen and oxygen atoms in total. The molecular weight excluding hydrogens is 394 g/mol. The second-order valence-electron chi connectivity index (χ2n) is 7.72. The van der Waals surface area contributed by atoms with Gasteiger partial charge in [0, 0.05) is 22.2 Å². The number of hydrogen-bond donors (Lipinski definition) is 1.